The maximum absolute atomic E-state index is 10.7. The van der Waals surface area contributed by atoms with Gasteiger partial charge in [0.05, 0.1) is 27.9 Å². The zero-order chi connectivity index (χ0) is 15.2. The first kappa shape index (κ1) is 15.4. The molecule has 0 aliphatic rings. The van der Waals surface area contributed by atoms with Crippen LogP contribution in [0.4, 0.5) is 5.69 Å². The standard InChI is InChI=1S/C13H15ClN4O3/c1-21-7-5-15-9-10-4-6-17(16-10)13-3-2-11(18(19)20)8-12(13)14/h2-4,6,8,15H,5,7,9H2,1H3. The van der Waals surface area contributed by atoms with Gasteiger partial charge in [-0.25, -0.2) is 4.68 Å². The number of hydrogen-bond acceptors (Lipinski definition) is 5. The van der Waals surface area contributed by atoms with Crippen LogP contribution in [0, 0.1) is 10.1 Å². The molecule has 1 N–H and O–H groups in total. The van der Waals surface area contributed by atoms with Gasteiger partial charge in [-0.05, 0) is 12.1 Å². The Morgan fingerprint density at radius 2 is 2.29 bits per heavy atom. The lowest BCUT2D eigenvalue weighted by atomic mass is 10.3. The fourth-order valence-corrected chi connectivity index (χ4v) is 2.04. The van der Waals surface area contributed by atoms with Crippen LogP contribution in [-0.4, -0.2) is 35.0 Å². The molecule has 21 heavy (non-hydrogen) atoms. The number of non-ortho nitro benzene ring substituents is 1. The predicted molar refractivity (Wildman–Crippen MR) is 78.8 cm³/mol. The third kappa shape index (κ3) is 4.01. The Morgan fingerprint density at radius 3 is 2.95 bits per heavy atom. The summed E-state index contributed by atoms with van der Waals surface area (Å²) in [5, 5.41) is 18.5. The monoisotopic (exact) mass is 310 g/mol. The molecule has 8 heteroatoms. The summed E-state index contributed by atoms with van der Waals surface area (Å²) in [6, 6.07) is 6.15. The highest BCUT2D eigenvalue weighted by molar-refractivity contribution is 6.32. The van der Waals surface area contributed by atoms with Crippen LogP contribution in [0.1, 0.15) is 5.69 Å². The second kappa shape index (κ2) is 7.16. The molecule has 0 saturated carbocycles. The van der Waals surface area contributed by atoms with Crippen LogP contribution in [0.15, 0.2) is 30.5 Å². The minimum absolute atomic E-state index is 0.0441. The molecule has 7 nitrogen and oxygen atoms in total. The predicted octanol–water partition coefficient (Wildman–Crippen LogP) is 2.17. The topological polar surface area (TPSA) is 82.2 Å². The molecule has 0 aliphatic heterocycles. The third-order valence-electron chi connectivity index (χ3n) is 2.82. The minimum Gasteiger partial charge on any atom is -0.383 e. The number of rotatable bonds is 7. The SMILES string of the molecule is COCCNCc1ccn(-c2ccc([N+](=O)[O-])cc2Cl)n1. The maximum atomic E-state index is 10.7. The van der Waals surface area contributed by atoms with Crippen molar-refractivity contribution < 1.29 is 9.66 Å². The van der Waals surface area contributed by atoms with Crippen molar-refractivity contribution in [1.29, 1.82) is 0 Å². The number of nitrogens with zero attached hydrogens (tertiary/aromatic N) is 3. The lowest BCUT2D eigenvalue weighted by Gasteiger charge is -2.04. The van der Waals surface area contributed by atoms with Gasteiger partial charge in [0.2, 0.25) is 0 Å². The molecule has 0 aliphatic carbocycles. The van der Waals surface area contributed by atoms with Crippen LogP contribution >= 0.6 is 11.6 Å². The molecule has 1 aromatic carbocycles. The van der Waals surface area contributed by atoms with Crippen LogP contribution in [-0.2, 0) is 11.3 Å². The van der Waals surface area contributed by atoms with Gasteiger partial charge in [0.25, 0.3) is 5.69 Å². The molecule has 0 bridgehead atoms. The highest BCUT2D eigenvalue weighted by Crippen LogP contribution is 2.25. The van der Waals surface area contributed by atoms with Gasteiger partial charge in [-0.1, -0.05) is 11.6 Å². The normalized spacial score (nSPS) is 10.8. The minimum atomic E-state index is -0.482. The molecule has 2 aromatic rings. The van der Waals surface area contributed by atoms with Gasteiger partial charge in [0.1, 0.15) is 0 Å². The van der Waals surface area contributed by atoms with Crippen LogP contribution in [0.3, 0.4) is 0 Å². The Hall–Kier alpha value is -1.96. The van der Waals surface area contributed by atoms with E-state index < -0.39 is 4.92 Å². The van der Waals surface area contributed by atoms with E-state index in [1.807, 2.05) is 6.07 Å². The number of hydrogen-bond donors (Lipinski definition) is 1. The molecule has 0 unspecified atom stereocenters. The second-order valence-corrected chi connectivity index (χ2v) is 4.72. The van der Waals surface area contributed by atoms with E-state index in [1.165, 1.54) is 12.1 Å². The summed E-state index contributed by atoms with van der Waals surface area (Å²) >= 11 is 6.07. The molecule has 1 heterocycles. The number of aromatic nitrogens is 2. The van der Waals surface area contributed by atoms with Crippen molar-refractivity contribution in [3.63, 3.8) is 0 Å². The maximum Gasteiger partial charge on any atom is 0.271 e. The first-order valence-electron chi connectivity index (χ1n) is 6.30. The molecule has 0 atom stereocenters. The lowest BCUT2D eigenvalue weighted by molar-refractivity contribution is -0.384. The van der Waals surface area contributed by atoms with Crippen LogP contribution in [0.5, 0.6) is 0 Å². The van der Waals surface area contributed by atoms with Crippen molar-refractivity contribution in [3.8, 4) is 5.69 Å². The molecule has 0 radical (unpaired) electrons. The van der Waals surface area contributed by atoms with Gasteiger partial charge in [-0.2, -0.15) is 5.10 Å². The first-order chi connectivity index (χ1) is 10.1. The van der Waals surface area contributed by atoms with E-state index in [0.29, 0.717) is 18.8 Å². The summed E-state index contributed by atoms with van der Waals surface area (Å²) in [7, 11) is 1.65. The number of methoxy groups -OCH3 is 1. The molecule has 112 valence electrons. The van der Waals surface area contributed by atoms with E-state index in [1.54, 1.807) is 24.1 Å². The van der Waals surface area contributed by atoms with Crippen LogP contribution in [0.2, 0.25) is 5.02 Å². The summed E-state index contributed by atoms with van der Waals surface area (Å²) in [5.41, 5.74) is 1.41. The van der Waals surface area contributed by atoms with Crippen molar-refractivity contribution >= 4 is 17.3 Å². The summed E-state index contributed by atoms with van der Waals surface area (Å²) in [5.74, 6) is 0. The van der Waals surface area contributed by atoms with Crippen molar-refractivity contribution in [3.05, 3.63) is 51.3 Å². The average molecular weight is 311 g/mol. The zero-order valence-corrected chi connectivity index (χ0v) is 12.2. The van der Waals surface area contributed by atoms with Crippen molar-refractivity contribution in [2.75, 3.05) is 20.3 Å². The van der Waals surface area contributed by atoms with Crippen molar-refractivity contribution in [1.82, 2.24) is 15.1 Å². The Kier molecular flexibility index (Phi) is 5.26. The summed E-state index contributed by atoms with van der Waals surface area (Å²) < 4.78 is 6.54. The number of benzene rings is 1. The van der Waals surface area contributed by atoms with E-state index in [2.05, 4.69) is 10.4 Å². The smallest absolute Gasteiger partial charge is 0.271 e. The molecular weight excluding hydrogens is 296 g/mol. The van der Waals surface area contributed by atoms with Crippen molar-refractivity contribution in [2.24, 2.45) is 0 Å². The molecule has 0 saturated heterocycles. The molecule has 1 aromatic heterocycles. The van der Waals surface area contributed by atoms with Crippen LogP contribution < -0.4 is 5.32 Å². The van der Waals surface area contributed by atoms with Crippen LogP contribution in [0.25, 0.3) is 5.69 Å². The van der Waals surface area contributed by atoms with Gasteiger partial charge in [-0.15, -0.1) is 0 Å². The lowest BCUT2D eigenvalue weighted by Crippen LogP contribution is -2.18. The molecule has 0 spiro atoms. The fourth-order valence-electron chi connectivity index (χ4n) is 1.78. The highest BCUT2D eigenvalue weighted by atomic mass is 35.5. The van der Waals surface area contributed by atoms with E-state index in [9.17, 15) is 10.1 Å². The molecule has 0 fully saturated rings. The molecule has 2 rings (SSSR count). The number of ether oxygens (including phenoxy) is 1. The first-order valence-corrected chi connectivity index (χ1v) is 6.68. The quantitative estimate of drug-likeness (QED) is 0.481. The highest BCUT2D eigenvalue weighted by Gasteiger charge is 2.11. The Bertz CT molecular complexity index is 630. The van der Waals surface area contributed by atoms with Gasteiger partial charge in [0, 0.05) is 38.5 Å². The summed E-state index contributed by atoms with van der Waals surface area (Å²) in [4.78, 5) is 10.2. The number of nitro benzene ring substituents is 1. The molecular formula is C13H15ClN4O3. The summed E-state index contributed by atoms with van der Waals surface area (Å²) in [6.45, 7) is 1.98. The average Bonchev–Trinajstić information content (AvgIpc) is 2.92. The van der Waals surface area contributed by atoms with E-state index >= 15 is 0 Å². The number of nitrogens with one attached hydrogen (secondary N) is 1. The number of halogens is 1. The van der Waals surface area contributed by atoms with Gasteiger partial charge < -0.3 is 10.1 Å². The fraction of sp³-hybridized carbons (Fsp3) is 0.308. The van der Waals surface area contributed by atoms with Gasteiger partial charge in [0.15, 0.2) is 0 Å². The summed E-state index contributed by atoms with van der Waals surface area (Å²) in [6.07, 6.45) is 1.76. The Labute approximate surface area is 126 Å². The largest absolute Gasteiger partial charge is 0.383 e. The van der Waals surface area contributed by atoms with E-state index in [0.717, 1.165) is 12.2 Å². The van der Waals surface area contributed by atoms with Crippen molar-refractivity contribution in [2.45, 2.75) is 6.54 Å². The second-order valence-electron chi connectivity index (χ2n) is 4.31. The third-order valence-corrected chi connectivity index (χ3v) is 3.13. The van der Waals surface area contributed by atoms with Gasteiger partial charge >= 0.3 is 0 Å². The zero-order valence-electron chi connectivity index (χ0n) is 11.5. The van der Waals surface area contributed by atoms with E-state index in [4.69, 9.17) is 16.3 Å². The molecule has 0 amide bonds. The number of nitro groups is 1. The Balaban J connectivity index is 2.08. The Morgan fingerprint density at radius 1 is 1.48 bits per heavy atom. The van der Waals surface area contributed by atoms with E-state index in [-0.39, 0.29) is 10.7 Å². The van der Waals surface area contributed by atoms with Gasteiger partial charge in [-0.3, -0.25) is 10.1 Å².